The number of rotatable bonds is 6. The average Bonchev–Trinajstić information content (AvgIpc) is 2.91. The van der Waals surface area contributed by atoms with Crippen molar-refractivity contribution < 1.29 is 8.42 Å². The summed E-state index contributed by atoms with van der Waals surface area (Å²) < 4.78 is 29.3. The molecule has 0 aliphatic heterocycles. The number of imidazole rings is 1. The molecule has 0 aliphatic carbocycles. The van der Waals surface area contributed by atoms with Gasteiger partial charge in [0.05, 0.1) is 11.4 Å². The number of nitrogens with one attached hydrogen (secondary N) is 1. The minimum absolute atomic E-state index is 0.117. The largest absolute Gasteiger partial charge is 0.315 e. The van der Waals surface area contributed by atoms with Crippen LogP contribution in [0.3, 0.4) is 0 Å². The lowest BCUT2D eigenvalue weighted by Gasteiger charge is -2.07. The molecule has 7 heteroatoms. The van der Waals surface area contributed by atoms with Gasteiger partial charge in [0.2, 0.25) is 10.0 Å². The van der Waals surface area contributed by atoms with Crippen LogP contribution in [0.25, 0.3) is 11.2 Å². The molecule has 0 aliphatic rings. The number of sulfonamides is 1. The van der Waals surface area contributed by atoms with Gasteiger partial charge in [-0.25, -0.2) is 23.1 Å². The van der Waals surface area contributed by atoms with Crippen LogP contribution in [0, 0.1) is 0 Å². The average molecular weight is 344 g/mol. The number of aromatic nitrogens is 3. The van der Waals surface area contributed by atoms with Crippen molar-refractivity contribution in [2.75, 3.05) is 0 Å². The topological polar surface area (TPSA) is 76.9 Å². The van der Waals surface area contributed by atoms with Gasteiger partial charge < -0.3 is 4.57 Å². The van der Waals surface area contributed by atoms with Crippen molar-refractivity contribution in [3.63, 3.8) is 0 Å². The Labute approximate surface area is 141 Å². The zero-order valence-corrected chi connectivity index (χ0v) is 14.5. The molecule has 0 bridgehead atoms. The van der Waals surface area contributed by atoms with E-state index in [1.54, 1.807) is 29.0 Å². The van der Waals surface area contributed by atoms with Crippen LogP contribution < -0.4 is 4.72 Å². The van der Waals surface area contributed by atoms with Crippen molar-refractivity contribution in [1.82, 2.24) is 19.3 Å². The van der Waals surface area contributed by atoms with Crippen LogP contribution in [0.15, 0.2) is 47.5 Å². The Kier molecular flexibility index (Phi) is 4.64. The highest BCUT2D eigenvalue weighted by Gasteiger charge is 2.16. The number of pyridine rings is 1. The first-order valence-electron chi connectivity index (χ1n) is 7.86. The maximum Gasteiger partial charge on any atom is 0.240 e. The lowest BCUT2D eigenvalue weighted by atomic mass is 10.1. The van der Waals surface area contributed by atoms with Crippen molar-refractivity contribution in [1.29, 1.82) is 0 Å². The van der Waals surface area contributed by atoms with E-state index in [0.717, 1.165) is 29.6 Å². The van der Waals surface area contributed by atoms with Gasteiger partial charge in [0, 0.05) is 13.2 Å². The van der Waals surface area contributed by atoms with E-state index < -0.39 is 10.0 Å². The summed E-state index contributed by atoms with van der Waals surface area (Å²) in [6, 6.07) is 10.7. The Balaban J connectivity index is 1.77. The molecule has 0 radical (unpaired) electrons. The summed E-state index contributed by atoms with van der Waals surface area (Å²) in [5, 5.41) is 0. The summed E-state index contributed by atoms with van der Waals surface area (Å²) in [4.78, 5) is 8.94. The van der Waals surface area contributed by atoms with Crippen LogP contribution in [-0.4, -0.2) is 23.0 Å². The van der Waals surface area contributed by atoms with Gasteiger partial charge in [-0.2, -0.15) is 0 Å². The van der Waals surface area contributed by atoms with E-state index in [4.69, 9.17) is 0 Å². The third-order valence-corrected chi connectivity index (χ3v) is 5.33. The molecule has 0 saturated heterocycles. The molecule has 0 saturated carbocycles. The van der Waals surface area contributed by atoms with E-state index in [2.05, 4.69) is 21.6 Å². The van der Waals surface area contributed by atoms with Crippen molar-refractivity contribution in [3.05, 3.63) is 54.0 Å². The SMILES string of the molecule is CCCc1ccc(S(=O)(=O)NCc2nc3cccnc3n2C)cc1. The Morgan fingerprint density at radius 2 is 1.92 bits per heavy atom. The molecular weight excluding hydrogens is 324 g/mol. The third-order valence-electron chi connectivity index (χ3n) is 3.91. The minimum Gasteiger partial charge on any atom is -0.315 e. The molecule has 126 valence electrons. The molecule has 6 nitrogen and oxygen atoms in total. The number of aryl methyl sites for hydroxylation is 2. The van der Waals surface area contributed by atoms with Gasteiger partial charge in [0.15, 0.2) is 5.65 Å². The Morgan fingerprint density at radius 1 is 1.17 bits per heavy atom. The zero-order valence-electron chi connectivity index (χ0n) is 13.7. The monoisotopic (exact) mass is 344 g/mol. The maximum atomic E-state index is 12.4. The van der Waals surface area contributed by atoms with Crippen LogP contribution in [0.5, 0.6) is 0 Å². The molecule has 1 N–H and O–H groups in total. The zero-order chi connectivity index (χ0) is 17.2. The summed E-state index contributed by atoms with van der Waals surface area (Å²) in [7, 11) is -1.74. The fraction of sp³-hybridized carbons (Fsp3) is 0.294. The summed E-state index contributed by atoms with van der Waals surface area (Å²) in [6.07, 6.45) is 3.67. The van der Waals surface area contributed by atoms with Crippen LogP contribution in [0.2, 0.25) is 0 Å². The summed E-state index contributed by atoms with van der Waals surface area (Å²) >= 11 is 0. The van der Waals surface area contributed by atoms with Crippen LogP contribution in [0.4, 0.5) is 0 Å². The molecule has 0 spiro atoms. The van der Waals surface area contributed by atoms with Gasteiger partial charge in [-0.1, -0.05) is 25.5 Å². The molecule has 0 atom stereocenters. The summed E-state index contributed by atoms with van der Waals surface area (Å²) in [6.45, 7) is 2.21. The second-order valence-corrected chi connectivity index (χ2v) is 7.42. The van der Waals surface area contributed by atoms with Crippen molar-refractivity contribution in [2.45, 2.75) is 31.2 Å². The third kappa shape index (κ3) is 3.32. The molecule has 3 aromatic rings. The summed E-state index contributed by atoms with van der Waals surface area (Å²) in [5.41, 5.74) is 2.62. The first kappa shape index (κ1) is 16.6. The highest BCUT2D eigenvalue weighted by Crippen LogP contribution is 2.14. The fourth-order valence-electron chi connectivity index (χ4n) is 2.60. The van der Waals surface area contributed by atoms with E-state index >= 15 is 0 Å². The molecular formula is C17H20N4O2S. The van der Waals surface area contributed by atoms with Crippen molar-refractivity contribution in [2.24, 2.45) is 7.05 Å². The molecule has 24 heavy (non-hydrogen) atoms. The maximum absolute atomic E-state index is 12.4. The number of hydrogen-bond acceptors (Lipinski definition) is 4. The molecule has 0 amide bonds. The quantitative estimate of drug-likeness (QED) is 0.745. The van der Waals surface area contributed by atoms with Crippen molar-refractivity contribution in [3.8, 4) is 0 Å². The minimum atomic E-state index is -3.57. The predicted octanol–water partition coefficient (Wildman–Crippen LogP) is 2.40. The second kappa shape index (κ2) is 6.70. The van der Waals surface area contributed by atoms with E-state index in [9.17, 15) is 8.42 Å². The smallest absolute Gasteiger partial charge is 0.240 e. The molecule has 2 heterocycles. The fourth-order valence-corrected chi connectivity index (χ4v) is 3.58. The van der Waals surface area contributed by atoms with Gasteiger partial charge >= 0.3 is 0 Å². The molecule has 2 aromatic heterocycles. The highest BCUT2D eigenvalue weighted by atomic mass is 32.2. The highest BCUT2D eigenvalue weighted by molar-refractivity contribution is 7.89. The van der Waals surface area contributed by atoms with Crippen LogP contribution >= 0.6 is 0 Å². The van der Waals surface area contributed by atoms with Gasteiger partial charge in [0.25, 0.3) is 0 Å². The van der Waals surface area contributed by atoms with E-state index in [1.165, 1.54) is 0 Å². The molecule has 0 unspecified atom stereocenters. The molecule has 3 rings (SSSR count). The number of nitrogens with zero attached hydrogens (tertiary/aromatic N) is 3. The van der Waals surface area contributed by atoms with Crippen LogP contribution in [-0.2, 0) is 30.0 Å². The first-order chi connectivity index (χ1) is 11.5. The number of hydrogen-bond donors (Lipinski definition) is 1. The number of fused-ring (bicyclic) bond motifs is 1. The van der Waals surface area contributed by atoms with E-state index in [-0.39, 0.29) is 11.4 Å². The predicted molar refractivity (Wildman–Crippen MR) is 93.0 cm³/mol. The number of benzene rings is 1. The van der Waals surface area contributed by atoms with Crippen LogP contribution in [0.1, 0.15) is 24.7 Å². The molecule has 1 aromatic carbocycles. The van der Waals surface area contributed by atoms with Gasteiger partial charge in [-0.3, -0.25) is 0 Å². The Morgan fingerprint density at radius 3 is 2.58 bits per heavy atom. The van der Waals surface area contributed by atoms with Gasteiger partial charge in [-0.15, -0.1) is 0 Å². The van der Waals surface area contributed by atoms with E-state index in [1.807, 2.05) is 25.2 Å². The normalized spacial score (nSPS) is 11.9. The van der Waals surface area contributed by atoms with Gasteiger partial charge in [-0.05, 0) is 36.2 Å². The van der Waals surface area contributed by atoms with Gasteiger partial charge in [0.1, 0.15) is 11.3 Å². The second-order valence-electron chi connectivity index (χ2n) is 5.65. The summed E-state index contributed by atoms with van der Waals surface area (Å²) in [5.74, 6) is 0.620. The van der Waals surface area contributed by atoms with E-state index in [0.29, 0.717) is 5.82 Å². The Hall–Kier alpha value is -2.25. The standard InChI is InChI=1S/C17H20N4O2S/c1-3-5-13-7-9-14(10-8-13)24(22,23)19-12-16-20-15-6-4-11-18-17(15)21(16)2/h4,6-11,19H,3,5,12H2,1-2H3. The molecule has 0 fully saturated rings. The lowest BCUT2D eigenvalue weighted by molar-refractivity contribution is 0.578. The lowest BCUT2D eigenvalue weighted by Crippen LogP contribution is -2.24. The van der Waals surface area contributed by atoms with Crippen molar-refractivity contribution >= 4 is 21.2 Å². The first-order valence-corrected chi connectivity index (χ1v) is 9.34. The Bertz CT molecular complexity index is 946.